The van der Waals surface area contributed by atoms with Crippen molar-refractivity contribution in [2.45, 2.75) is 38.8 Å². The van der Waals surface area contributed by atoms with Gasteiger partial charge in [-0.1, -0.05) is 24.6 Å². The summed E-state index contributed by atoms with van der Waals surface area (Å²) < 4.78 is 13.1. The first-order chi connectivity index (χ1) is 13.2. The van der Waals surface area contributed by atoms with Crippen LogP contribution < -0.4 is 9.47 Å². The van der Waals surface area contributed by atoms with Crippen LogP contribution in [-0.2, 0) is 4.79 Å². The third-order valence-corrected chi connectivity index (χ3v) is 5.20. The van der Waals surface area contributed by atoms with Gasteiger partial charge in [-0.25, -0.2) is 0 Å². The van der Waals surface area contributed by atoms with Crippen LogP contribution in [0.5, 0.6) is 11.5 Å². The third kappa shape index (κ3) is 3.82. The van der Waals surface area contributed by atoms with Crippen molar-refractivity contribution < 1.29 is 18.8 Å². The molecule has 0 N–H and O–H groups in total. The summed E-state index contributed by atoms with van der Waals surface area (Å²) in [5.74, 6) is 1.77. The molecule has 0 saturated carbocycles. The van der Waals surface area contributed by atoms with Crippen LogP contribution in [0.4, 0.5) is 5.69 Å². The number of hydrogen-bond donors (Lipinski definition) is 0. The largest absolute Gasteiger partial charge is 0.454 e. The number of amides is 1. The summed E-state index contributed by atoms with van der Waals surface area (Å²) in [6, 6.07) is 16.1. The van der Waals surface area contributed by atoms with Crippen LogP contribution in [0.3, 0.4) is 0 Å². The maximum Gasteiger partial charge on any atom is 0.233 e. The maximum absolute atomic E-state index is 12.6. The first kappa shape index (κ1) is 17.6. The Hall–Kier alpha value is -2.82. The summed E-state index contributed by atoms with van der Waals surface area (Å²) in [4.78, 5) is 14.6. The average molecular weight is 365 g/mol. The van der Waals surface area contributed by atoms with E-state index >= 15 is 0 Å². The quantitative estimate of drug-likeness (QED) is 0.609. The van der Waals surface area contributed by atoms with Crippen molar-refractivity contribution in [1.29, 1.82) is 0 Å². The van der Waals surface area contributed by atoms with Gasteiger partial charge in [0.15, 0.2) is 17.7 Å². The van der Waals surface area contributed by atoms with E-state index in [2.05, 4.69) is 29.8 Å². The zero-order valence-electron chi connectivity index (χ0n) is 15.6. The van der Waals surface area contributed by atoms with Gasteiger partial charge in [-0.15, -0.1) is 0 Å². The van der Waals surface area contributed by atoms with E-state index in [0.717, 1.165) is 48.6 Å². The summed E-state index contributed by atoms with van der Waals surface area (Å²) in [6.07, 6.45) is 5.81. The second kappa shape index (κ2) is 7.82. The minimum Gasteiger partial charge on any atom is -0.454 e. The highest BCUT2D eigenvalue weighted by Crippen LogP contribution is 2.32. The van der Waals surface area contributed by atoms with Crippen molar-refractivity contribution in [1.82, 2.24) is 4.90 Å². The van der Waals surface area contributed by atoms with E-state index in [1.54, 1.807) is 0 Å². The molecule has 4 rings (SSSR count). The highest BCUT2D eigenvalue weighted by atomic mass is 16.7. The number of ether oxygens (including phenoxy) is 2. The summed E-state index contributed by atoms with van der Waals surface area (Å²) in [5.41, 5.74) is 2.07. The molecule has 2 aromatic rings. The Kier molecular flexibility index (Phi) is 5.10. The van der Waals surface area contributed by atoms with E-state index in [1.807, 2.05) is 41.3 Å². The summed E-state index contributed by atoms with van der Waals surface area (Å²) >= 11 is 0. The van der Waals surface area contributed by atoms with E-state index in [0.29, 0.717) is 6.42 Å². The van der Waals surface area contributed by atoms with Crippen molar-refractivity contribution in [2.24, 2.45) is 0 Å². The van der Waals surface area contributed by atoms with Crippen molar-refractivity contribution >= 4 is 17.8 Å². The van der Waals surface area contributed by atoms with Crippen molar-refractivity contribution in [3.63, 3.8) is 0 Å². The number of fused-ring (bicyclic) bond motifs is 1. The van der Waals surface area contributed by atoms with E-state index in [4.69, 9.17) is 9.47 Å². The molecule has 0 radical (unpaired) electrons. The molecule has 1 saturated heterocycles. The summed E-state index contributed by atoms with van der Waals surface area (Å²) in [6.45, 7) is 3.16. The number of nitrogens with zero attached hydrogens (tertiary/aromatic N) is 2. The molecular weight excluding hydrogens is 340 g/mol. The normalized spacial score (nSPS) is 18.3. The number of carbonyl (C=O) groups excluding carboxylic acids is 1. The van der Waals surface area contributed by atoms with Gasteiger partial charge in [-0.05, 0) is 31.0 Å². The van der Waals surface area contributed by atoms with Gasteiger partial charge in [0.2, 0.25) is 24.6 Å². The monoisotopic (exact) mass is 365 g/mol. The molecule has 0 bridgehead atoms. The number of carbonyl (C=O) groups is 1. The molecular formula is C22H25N2O3+. The van der Waals surface area contributed by atoms with E-state index in [9.17, 15) is 4.79 Å². The van der Waals surface area contributed by atoms with Crippen LogP contribution in [0, 0.1) is 0 Å². The number of likely N-dealkylation sites (tertiary alicyclic amines) is 1. The topological polar surface area (TPSA) is 41.8 Å². The van der Waals surface area contributed by atoms with Crippen LogP contribution >= 0.6 is 0 Å². The molecule has 0 aliphatic carbocycles. The minimum atomic E-state index is -0.0663. The molecule has 2 heterocycles. The van der Waals surface area contributed by atoms with E-state index in [1.165, 1.54) is 0 Å². The van der Waals surface area contributed by atoms with Crippen LogP contribution in [0.1, 0.15) is 38.2 Å². The Bertz CT molecular complexity index is 848. The van der Waals surface area contributed by atoms with Gasteiger partial charge in [-0.3, -0.25) is 9.69 Å². The molecule has 5 heteroatoms. The fraction of sp³-hybridized carbons (Fsp3) is 0.364. The molecule has 1 amide bonds. The third-order valence-electron chi connectivity index (χ3n) is 5.20. The Morgan fingerprint density at radius 1 is 1.04 bits per heavy atom. The van der Waals surface area contributed by atoms with Gasteiger partial charge in [-0.2, -0.15) is 4.58 Å². The van der Waals surface area contributed by atoms with E-state index < -0.39 is 0 Å². The lowest BCUT2D eigenvalue weighted by molar-refractivity contribution is -0.501. The number of benzene rings is 2. The smallest absolute Gasteiger partial charge is 0.233 e. The predicted molar refractivity (Wildman–Crippen MR) is 104 cm³/mol. The minimum absolute atomic E-state index is 0.0663. The van der Waals surface area contributed by atoms with Crippen molar-refractivity contribution in [3.05, 3.63) is 54.1 Å². The highest BCUT2D eigenvalue weighted by Gasteiger charge is 2.30. The van der Waals surface area contributed by atoms with Crippen LogP contribution in [-0.4, -0.2) is 41.1 Å². The number of rotatable bonds is 4. The molecule has 27 heavy (non-hydrogen) atoms. The highest BCUT2D eigenvalue weighted by molar-refractivity contribution is 5.79. The molecule has 5 nitrogen and oxygen atoms in total. The molecule has 2 aromatic carbocycles. The van der Waals surface area contributed by atoms with Gasteiger partial charge in [0.1, 0.15) is 0 Å². The first-order valence-electron chi connectivity index (χ1n) is 9.60. The van der Waals surface area contributed by atoms with E-state index in [-0.39, 0.29) is 18.9 Å². The molecule has 1 atom stereocenters. The molecule has 140 valence electrons. The molecule has 1 fully saturated rings. The fourth-order valence-corrected chi connectivity index (χ4v) is 3.70. The second-order valence-corrected chi connectivity index (χ2v) is 7.01. The SMILES string of the molecule is CC(N1CCCCCC1=O)/[N+](=C\c1ccc2c(c1)OCO2)c1ccccc1. The molecule has 0 aromatic heterocycles. The standard InChI is InChI=1S/C22H25N2O3/c1-17(23-13-7-3-6-10-22(23)25)24(19-8-4-2-5-9-19)15-18-11-12-20-21(14-18)27-16-26-20/h2,4-5,8-9,11-12,14-15,17H,3,6-7,10,13,16H2,1H3/q+1/b24-15+. The molecule has 2 aliphatic rings. The Morgan fingerprint density at radius 3 is 2.70 bits per heavy atom. The van der Waals surface area contributed by atoms with Crippen molar-refractivity contribution in [2.75, 3.05) is 13.3 Å². The van der Waals surface area contributed by atoms with Gasteiger partial charge >= 0.3 is 0 Å². The van der Waals surface area contributed by atoms with Gasteiger partial charge in [0.25, 0.3) is 0 Å². The second-order valence-electron chi connectivity index (χ2n) is 7.01. The Labute approximate surface area is 159 Å². The average Bonchev–Trinajstić information content (AvgIpc) is 3.06. The number of hydrogen-bond acceptors (Lipinski definition) is 3. The first-order valence-corrected chi connectivity index (χ1v) is 9.60. The predicted octanol–water partition coefficient (Wildman–Crippen LogP) is 3.93. The maximum atomic E-state index is 12.6. The Morgan fingerprint density at radius 2 is 1.85 bits per heavy atom. The number of para-hydroxylation sites is 1. The van der Waals surface area contributed by atoms with Crippen molar-refractivity contribution in [3.8, 4) is 11.5 Å². The summed E-state index contributed by atoms with van der Waals surface area (Å²) in [5, 5.41) is 0. The van der Waals surface area contributed by atoms with Crippen LogP contribution in [0.2, 0.25) is 0 Å². The molecule has 2 aliphatic heterocycles. The lowest BCUT2D eigenvalue weighted by Gasteiger charge is -2.25. The molecule has 1 unspecified atom stereocenters. The van der Waals surface area contributed by atoms with Gasteiger partial charge in [0.05, 0.1) is 0 Å². The lowest BCUT2D eigenvalue weighted by atomic mass is 10.2. The van der Waals surface area contributed by atoms with Crippen LogP contribution in [0.25, 0.3) is 0 Å². The van der Waals surface area contributed by atoms with Gasteiger partial charge in [0, 0.05) is 37.6 Å². The fourth-order valence-electron chi connectivity index (χ4n) is 3.70. The zero-order valence-corrected chi connectivity index (χ0v) is 15.6. The summed E-state index contributed by atoms with van der Waals surface area (Å²) in [7, 11) is 0. The zero-order chi connectivity index (χ0) is 18.6. The Balaban J connectivity index is 1.72. The lowest BCUT2D eigenvalue weighted by Crippen LogP contribution is -2.44. The van der Waals surface area contributed by atoms with Crippen LogP contribution in [0.15, 0.2) is 48.5 Å². The van der Waals surface area contributed by atoms with Gasteiger partial charge < -0.3 is 9.47 Å². The molecule has 0 spiro atoms.